The summed E-state index contributed by atoms with van der Waals surface area (Å²) in [6.07, 6.45) is 0. The van der Waals surface area contributed by atoms with Gasteiger partial charge < -0.3 is 14.9 Å². The molecule has 0 atom stereocenters. The first-order valence-electron chi connectivity index (χ1n) is 7.43. The maximum atomic E-state index is 10.9. The highest BCUT2D eigenvalue weighted by molar-refractivity contribution is 5.54. The zero-order chi connectivity index (χ0) is 17.1. The number of aromatic nitrogens is 1. The molecule has 0 spiro atoms. The summed E-state index contributed by atoms with van der Waals surface area (Å²) in [4.78, 5) is 18.6. The lowest BCUT2D eigenvalue weighted by molar-refractivity contribution is -0.385. The average Bonchev–Trinajstić information content (AvgIpc) is 2.62. The van der Waals surface area contributed by atoms with Crippen LogP contribution in [0.1, 0.15) is 5.69 Å². The van der Waals surface area contributed by atoms with Crippen molar-refractivity contribution in [3.8, 4) is 11.8 Å². The smallest absolute Gasteiger partial charge is 0.305 e. The van der Waals surface area contributed by atoms with Crippen LogP contribution in [-0.2, 0) is 0 Å². The van der Waals surface area contributed by atoms with Gasteiger partial charge in [0.2, 0.25) is 5.69 Å². The highest BCUT2D eigenvalue weighted by Crippen LogP contribution is 2.24. The molecule has 1 aliphatic rings. The molecule has 1 aliphatic heterocycles. The van der Waals surface area contributed by atoms with Gasteiger partial charge in [-0.15, -0.1) is 0 Å². The van der Waals surface area contributed by atoms with Gasteiger partial charge in [0.15, 0.2) is 0 Å². The van der Waals surface area contributed by atoms with Crippen molar-refractivity contribution < 1.29 is 10.0 Å². The fraction of sp³-hybridized carbons (Fsp3) is 0.250. The van der Waals surface area contributed by atoms with Crippen LogP contribution in [0, 0.1) is 21.4 Å². The van der Waals surface area contributed by atoms with Crippen LogP contribution in [0.5, 0.6) is 5.75 Å². The molecular weight excluding hydrogens is 310 g/mol. The first-order chi connectivity index (χ1) is 11.6. The third-order valence-electron chi connectivity index (χ3n) is 3.98. The minimum Gasteiger partial charge on any atom is -0.508 e. The predicted molar refractivity (Wildman–Crippen MR) is 88.1 cm³/mol. The number of rotatable bonds is 3. The number of anilines is 2. The zero-order valence-corrected chi connectivity index (χ0v) is 12.8. The summed E-state index contributed by atoms with van der Waals surface area (Å²) in [6.45, 7) is 2.89. The molecule has 2 heterocycles. The van der Waals surface area contributed by atoms with Crippen LogP contribution < -0.4 is 9.80 Å². The molecule has 1 saturated heterocycles. The SMILES string of the molecule is N#Cc1nc(N2CCN(c3ccc(O)cc3)CC2)ccc1[N+](=O)[O-]. The van der Waals surface area contributed by atoms with Crippen LogP contribution in [0.4, 0.5) is 17.2 Å². The van der Waals surface area contributed by atoms with Gasteiger partial charge in [-0.05, 0) is 30.3 Å². The summed E-state index contributed by atoms with van der Waals surface area (Å²) in [5, 5.41) is 29.3. The minimum absolute atomic E-state index is 0.168. The van der Waals surface area contributed by atoms with Crippen molar-refractivity contribution >= 4 is 17.2 Å². The van der Waals surface area contributed by atoms with Gasteiger partial charge in [-0.3, -0.25) is 10.1 Å². The van der Waals surface area contributed by atoms with Gasteiger partial charge in [0.05, 0.1) is 4.92 Å². The Kier molecular flexibility index (Phi) is 4.16. The second-order valence-electron chi connectivity index (χ2n) is 5.40. The summed E-state index contributed by atoms with van der Waals surface area (Å²) >= 11 is 0. The van der Waals surface area contributed by atoms with Crippen LogP contribution in [0.25, 0.3) is 0 Å². The number of nitro groups is 1. The molecule has 2 aromatic rings. The van der Waals surface area contributed by atoms with E-state index in [9.17, 15) is 15.2 Å². The Morgan fingerprint density at radius 2 is 1.71 bits per heavy atom. The van der Waals surface area contributed by atoms with Crippen molar-refractivity contribution in [2.45, 2.75) is 0 Å². The van der Waals surface area contributed by atoms with E-state index in [-0.39, 0.29) is 17.1 Å². The van der Waals surface area contributed by atoms with Crippen LogP contribution in [0.2, 0.25) is 0 Å². The van der Waals surface area contributed by atoms with E-state index in [4.69, 9.17) is 5.26 Å². The maximum absolute atomic E-state index is 10.9. The van der Waals surface area contributed by atoms with E-state index >= 15 is 0 Å². The molecular formula is C16H15N5O3. The fourth-order valence-corrected chi connectivity index (χ4v) is 2.70. The third-order valence-corrected chi connectivity index (χ3v) is 3.98. The van der Waals surface area contributed by atoms with Gasteiger partial charge in [0, 0.05) is 37.9 Å². The van der Waals surface area contributed by atoms with Crippen molar-refractivity contribution in [3.63, 3.8) is 0 Å². The van der Waals surface area contributed by atoms with E-state index in [0.29, 0.717) is 18.9 Å². The molecule has 8 nitrogen and oxygen atoms in total. The number of benzene rings is 1. The average molecular weight is 325 g/mol. The van der Waals surface area contributed by atoms with Gasteiger partial charge >= 0.3 is 5.69 Å². The summed E-state index contributed by atoms with van der Waals surface area (Å²) in [5.41, 5.74) is 0.587. The van der Waals surface area contributed by atoms with Crippen molar-refractivity contribution in [1.29, 1.82) is 5.26 Å². The standard InChI is InChI=1S/C16H15N5O3/c17-11-14-15(21(23)24)5-6-16(18-14)20-9-7-19(8-10-20)12-1-3-13(22)4-2-12/h1-6,22H,7-10H2. The number of nitrogens with zero attached hydrogens (tertiary/aromatic N) is 5. The quantitative estimate of drug-likeness (QED) is 0.678. The molecule has 1 aromatic carbocycles. The monoisotopic (exact) mass is 325 g/mol. The number of piperazine rings is 1. The predicted octanol–water partition coefficient (Wildman–Crippen LogP) is 1.89. The lowest BCUT2D eigenvalue weighted by atomic mass is 10.2. The molecule has 122 valence electrons. The molecule has 0 aliphatic carbocycles. The fourth-order valence-electron chi connectivity index (χ4n) is 2.70. The topological polar surface area (TPSA) is 107 Å². The number of phenolic OH excluding ortho intramolecular Hbond substituents is 1. The van der Waals surface area contributed by atoms with Gasteiger partial charge in [0.1, 0.15) is 17.6 Å². The normalized spacial score (nSPS) is 14.3. The summed E-state index contributed by atoms with van der Waals surface area (Å²) in [7, 11) is 0. The first-order valence-corrected chi connectivity index (χ1v) is 7.43. The summed E-state index contributed by atoms with van der Waals surface area (Å²) in [5.74, 6) is 0.805. The van der Waals surface area contributed by atoms with E-state index in [0.717, 1.165) is 18.8 Å². The Hall–Kier alpha value is -3.34. The molecule has 0 radical (unpaired) electrons. The Bertz CT molecular complexity index is 792. The molecule has 1 aromatic heterocycles. The van der Waals surface area contributed by atoms with Crippen molar-refractivity contribution in [2.75, 3.05) is 36.0 Å². The highest BCUT2D eigenvalue weighted by atomic mass is 16.6. The molecule has 0 unspecified atom stereocenters. The number of aromatic hydroxyl groups is 1. The first kappa shape index (κ1) is 15.6. The van der Waals surface area contributed by atoms with E-state index in [1.165, 1.54) is 6.07 Å². The van der Waals surface area contributed by atoms with Crippen LogP contribution >= 0.6 is 0 Å². The Balaban J connectivity index is 1.72. The van der Waals surface area contributed by atoms with E-state index in [1.54, 1.807) is 24.3 Å². The number of hydrogen-bond donors (Lipinski definition) is 1. The lowest BCUT2D eigenvalue weighted by Gasteiger charge is -2.36. The lowest BCUT2D eigenvalue weighted by Crippen LogP contribution is -2.46. The zero-order valence-electron chi connectivity index (χ0n) is 12.8. The highest BCUT2D eigenvalue weighted by Gasteiger charge is 2.21. The van der Waals surface area contributed by atoms with Crippen LogP contribution in [-0.4, -0.2) is 41.2 Å². The second-order valence-corrected chi connectivity index (χ2v) is 5.40. The van der Waals surface area contributed by atoms with E-state index in [2.05, 4.69) is 9.88 Å². The summed E-state index contributed by atoms with van der Waals surface area (Å²) in [6, 6.07) is 11.7. The molecule has 1 fully saturated rings. The van der Waals surface area contributed by atoms with Gasteiger partial charge in [-0.25, -0.2) is 4.98 Å². The van der Waals surface area contributed by atoms with Gasteiger partial charge in [-0.1, -0.05) is 0 Å². The molecule has 0 bridgehead atoms. The van der Waals surface area contributed by atoms with Gasteiger partial charge in [0.25, 0.3) is 0 Å². The van der Waals surface area contributed by atoms with E-state index in [1.807, 2.05) is 17.0 Å². The van der Waals surface area contributed by atoms with Gasteiger partial charge in [-0.2, -0.15) is 5.26 Å². The molecule has 24 heavy (non-hydrogen) atoms. The van der Waals surface area contributed by atoms with E-state index < -0.39 is 4.92 Å². The third kappa shape index (κ3) is 3.05. The maximum Gasteiger partial charge on any atom is 0.305 e. The van der Waals surface area contributed by atoms with Crippen LogP contribution in [0.3, 0.4) is 0 Å². The molecule has 0 amide bonds. The minimum atomic E-state index is -0.599. The second kappa shape index (κ2) is 6.42. The number of pyridine rings is 1. The Morgan fingerprint density at radius 3 is 2.29 bits per heavy atom. The molecule has 1 N–H and O–H groups in total. The molecule has 3 rings (SSSR count). The molecule has 8 heteroatoms. The van der Waals surface area contributed by atoms with Crippen molar-refractivity contribution in [1.82, 2.24) is 4.98 Å². The number of nitriles is 1. The Labute approximate surface area is 138 Å². The number of hydrogen-bond acceptors (Lipinski definition) is 7. The molecule has 0 saturated carbocycles. The summed E-state index contributed by atoms with van der Waals surface area (Å²) < 4.78 is 0. The number of phenols is 1. The van der Waals surface area contributed by atoms with Crippen molar-refractivity contribution in [3.05, 3.63) is 52.2 Å². The Morgan fingerprint density at radius 1 is 1.08 bits per heavy atom. The largest absolute Gasteiger partial charge is 0.508 e. The van der Waals surface area contributed by atoms with Crippen LogP contribution in [0.15, 0.2) is 36.4 Å². The van der Waals surface area contributed by atoms with Crippen molar-refractivity contribution in [2.24, 2.45) is 0 Å².